The van der Waals surface area contributed by atoms with Crippen LogP contribution in [0.25, 0.3) is 0 Å². The number of rotatable bonds is 7. The van der Waals surface area contributed by atoms with Crippen molar-refractivity contribution in [3.8, 4) is 0 Å². The zero-order valence-electron chi connectivity index (χ0n) is 12.4. The highest BCUT2D eigenvalue weighted by molar-refractivity contribution is 7.84. The molecule has 1 aromatic rings. The van der Waals surface area contributed by atoms with Crippen LogP contribution < -0.4 is 11.1 Å². The third-order valence-corrected chi connectivity index (χ3v) is 4.61. The number of aryl methyl sites for hydroxylation is 1. The van der Waals surface area contributed by atoms with Gasteiger partial charge in [-0.05, 0) is 37.0 Å². The number of carbonyl (C=O) groups is 1. The minimum Gasteiger partial charge on any atom is -0.399 e. The SMILES string of the molecule is Cc1ccc(N)cc1NC(=O)CCCS(=O)CC(C)C. The van der Waals surface area contributed by atoms with Gasteiger partial charge in [-0.3, -0.25) is 9.00 Å². The number of nitrogens with two attached hydrogens (primary N) is 1. The summed E-state index contributed by atoms with van der Waals surface area (Å²) < 4.78 is 11.7. The fourth-order valence-electron chi connectivity index (χ4n) is 1.84. The summed E-state index contributed by atoms with van der Waals surface area (Å²) in [6.45, 7) is 6.02. The predicted molar refractivity (Wildman–Crippen MR) is 86.2 cm³/mol. The monoisotopic (exact) mass is 296 g/mol. The average Bonchev–Trinajstić information content (AvgIpc) is 2.33. The van der Waals surface area contributed by atoms with Crippen molar-refractivity contribution in [3.05, 3.63) is 23.8 Å². The highest BCUT2D eigenvalue weighted by Crippen LogP contribution is 2.18. The van der Waals surface area contributed by atoms with Crippen molar-refractivity contribution in [2.75, 3.05) is 22.6 Å². The summed E-state index contributed by atoms with van der Waals surface area (Å²) in [5.74, 6) is 1.66. The molecule has 1 amide bonds. The molecule has 0 saturated heterocycles. The lowest BCUT2D eigenvalue weighted by molar-refractivity contribution is -0.116. The van der Waals surface area contributed by atoms with Crippen LogP contribution in [0.2, 0.25) is 0 Å². The van der Waals surface area contributed by atoms with Crippen molar-refractivity contribution in [1.82, 2.24) is 0 Å². The summed E-state index contributed by atoms with van der Waals surface area (Å²) >= 11 is 0. The fourth-order valence-corrected chi connectivity index (χ4v) is 3.21. The van der Waals surface area contributed by atoms with Crippen LogP contribution in [0, 0.1) is 12.8 Å². The number of amides is 1. The Morgan fingerprint density at radius 3 is 2.75 bits per heavy atom. The predicted octanol–water partition coefficient (Wildman–Crippen LogP) is 2.70. The van der Waals surface area contributed by atoms with Gasteiger partial charge in [0.2, 0.25) is 5.91 Å². The quantitative estimate of drug-likeness (QED) is 0.760. The first-order valence-electron chi connectivity index (χ1n) is 6.89. The maximum Gasteiger partial charge on any atom is 0.224 e. The van der Waals surface area contributed by atoms with Crippen LogP contribution in [-0.4, -0.2) is 21.6 Å². The van der Waals surface area contributed by atoms with E-state index >= 15 is 0 Å². The van der Waals surface area contributed by atoms with Gasteiger partial charge in [0, 0.05) is 40.1 Å². The molecule has 1 unspecified atom stereocenters. The molecule has 112 valence electrons. The number of hydrogen-bond donors (Lipinski definition) is 2. The topological polar surface area (TPSA) is 72.2 Å². The molecule has 0 fully saturated rings. The third-order valence-electron chi connectivity index (χ3n) is 2.83. The highest BCUT2D eigenvalue weighted by atomic mass is 32.2. The van der Waals surface area contributed by atoms with Crippen LogP contribution in [-0.2, 0) is 15.6 Å². The minimum absolute atomic E-state index is 0.0553. The van der Waals surface area contributed by atoms with Gasteiger partial charge in [-0.15, -0.1) is 0 Å². The van der Waals surface area contributed by atoms with E-state index in [0.717, 1.165) is 11.3 Å². The van der Waals surface area contributed by atoms with Crippen molar-refractivity contribution in [2.24, 2.45) is 5.92 Å². The molecule has 3 N–H and O–H groups in total. The van der Waals surface area contributed by atoms with Gasteiger partial charge in [0.1, 0.15) is 0 Å². The van der Waals surface area contributed by atoms with E-state index in [1.165, 1.54) is 0 Å². The first kappa shape index (κ1) is 16.7. The zero-order valence-corrected chi connectivity index (χ0v) is 13.3. The summed E-state index contributed by atoms with van der Waals surface area (Å²) in [5, 5.41) is 2.85. The second-order valence-corrected chi connectivity index (χ2v) is 7.05. The van der Waals surface area contributed by atoms with Crippen molar-refractivity contribution < 1.29 is 9.00 Å². The summed E-state index contributed by atoms with van der Waals surface area (Å²) in [7, 11) is -0.821. The number of hydrogen-bond acceptors (Lipinski definition) is 3. The molecule has 0 aliphatic heterocycles. The lowest BCUT2D eigenvalue weighted by Crippen LogP contribution is -2.15. The molecular formula is C15H24N2O2S. The standard InChI is InChI=1S/C15H24N2O2S/c1-11(2)10-20(19)8-4-5-15(18)17-14-9-13(16)7-6-12(14)3/h6-7,9,11H,4-5,8,10,16H2,1-3H3,(H,17,18). The van der Waals surface area contributed by atoms with E-state index in [1.807, 2.05) is 26.8 Å². The van der Waals surface area contributed by atoms with E-state index in [9.17, 15) is 9.00 Å². The molecule has 0 heterocycles. The van der Waals surface area contributed by atoms with Crippen LogP contribution in [0.5, 0.6) is 0 Å². The Labute approximate surface area is 123 Å². The van der Waals surface area contributed by atoms with Crippen molar-refractivity contribution in [2.45, 2.75) is 33.6 Å². The lowest BCUT2D eigenvalue weighted by Gasteiger charge is -2.09. The maximum absolute atomic E-state index is 11.8. The van der Waals surface area contributed by atoms with Gasteiger partial charge in [-0.1, -0.05) is 19.9 Å². The maximum atomic E-state index is 11.8. The van der Waals surface area contributed by atoms with Crippen LogP contribution in [0.1, 0.15) is 32.3 Å². The summed E-state index contributed by atoms with van der Waals surface area (Å²) in [5.41, 5.74) is 8.06. The Morgan fingerprint density at radius 2 is 2.10 bits per heavy atom. The van der Waals surface area contributed by atoms with E-state index in [0.29, 0.717) is 36.0 Å². The summed E-state index contributed by atoms with van der Waals surface area (Å²) in [4.78, 5) is 11.8. The van der Waals surface area contributed by atoms with Crippen molar-refractivity contribution in [1.29, 1.82) is 0 Å². The Balaban J connectivity index is 2.37. The fraction of sp³-hybridized carbons (Fsp3) is 0.533. The summed E-state index contributed by atoms with van der Waals surface area (Å²) in [6.07, 6.45) is 1.03. The zero-order chi connectivity index (χ0) is 15.1. The molecule has 1 atom stereocenters. The Bertz CT molecular complexity index is 487. The number of nitrogens with one attached hydrogen (secondary N) is 1. The molecule has 1 rings (SSSR count). The number of carbonyl (C=O) groups excluding carboxylic acids is 1. The minimum atomic E-state index is -0.821. The van der Waals surface area contributed by atoms with Gasteiger partial charge >= 0.3 is 0 Å². The van der Waals surface area contributed by atoms with Crippen LogP contribution in [0.4, 0.5) is 11.4 Å². The van der Waals surface area contributed by atoms with E-state index < -0.39 is 10.8 Å². The molecule has 0 spiro atoms. The highest BCUT2D eigenvalue weighted by Gasteiger charge is 2.07. The molecule has 1 aromatic carbocycles. The van der Waals surface area contributed by atoms with Gasteiger partial charge in [0.25, 0.3) is 0 Å². The summed E-state index contributed by atoms with van der Waals surface area (Å²) in [6, 6.07) is 5.44. The molecule has 0 aliphatic rings. The van der Waals surface area contributed by atoms with E-state index in [-0.39, 0.29) is 5.91 Å². The normalized spacial score (nSPS) is 12.4. The number of nitrogen functional groups attached to an aromatic ring is 1. The Morgan fingerprint density at radius 1 is 1.40 bits per heavy atom. The van der Waals surface area contributed by atoms with E-state index in [4.69, 9.17) is 5.73 Å². The molecule has 0 bridgehead atoms. The second-order valence-electron chi connectivity index (χ2n) is 5.43. The Hall–Kier alpha value is -1.36. The van der Waals surface area contributed by atoms with Gasteiger partial charge in [0.15, 0.2) is 0 Å². The van der Waals surface area contributed by atoms with Gasteiger partial charge in [0.05, 0.1) is 0 Å². The molecular weight excluding hydrogens is 272 g/mol. The van der Waals surface area contributed by atoms with E-state index in [1.54, 1.807) is 12.1 Å². The lowest BCUT2D eigenvalue weighted by atomic mass is 10.1. The van der Waals surface area contributed by atoms with Crippen LogP contribution in [0.15, 0.2) is 18.2 Å². The van der Waals surface area contributed by atoms with Crippen molar-refractivity contribution in [3.63, 3.8) is 0 Å². The van der Waals surface area contributed by atoms with Crippen molar-refractivity contribution >= 4 is 28.1 Å². The molecule has 0 saturated carbocycles. The van der Waals surface area contributed by atoms with Gasteiger partial charge in [-0.2, -0.15) is 0 Å². The largest absolute Gasteiger partial charge is 0.399 e. The number of anilines is 2. The second kappa shape index (κ2) is 8.04. The Kier molecular flexibility index (Phi) is 6.71. The molecule has 4 nitrogen and oxygen atoms in total. The molecule has 5 heteroatoms. The smallest absolute Gasteiger partial charge is 0.224 e. The average molecular weight is 296 g/mol. The van der Waals surface area contributed by atoms with Crippen LogP contribution >= 0.6 is 0 Å². The molecule has 0 radical (unpaired) electrons. The molecule has 0 aliphatic carbocycles. The third kappa shape index (κ3) is 6.19. The number of benzene rings is 1. The van der Waals surface area contributed by atoms with Gasteiger partial charge < -0.3 is 11.1 Å². The molecule has 0 aromatic heterocycles. The molecule has 20 heavy (non-hydrogen) atoms. The first-order valence-corrected chi connectivity index (χ1v) is 8.38. The van der Waals surface area contributed by atoms with Crippen LogP contribution in [0.3, 0.4) is 0 Å². The van der Waals surface area contributed by atoms with Gasteiger partial charge in [-0.25, -0.2) is 0 Å². The van der Waals surface area contributed by atoms with E-state index in [2.05, 4.69) is 5.32 Å². The first-order chi connectivity index (χ1) is 9.38.